The zero-order chi connectivity index (χ0) is 18.0. The second kappa shape index (κ2) is 10.4. The second-order valence-electron chi connectivity index (χ2n) is 6.88. The van der Waals surface area contributed by atoms with E-state index >= 15 is 0 Å². The number of aliphatic imine (C=N–C) groups is 1. The van der Waals surface area contributed by atoms with Crippen LogP contribution in [0.4, 0.5) is 0 Å². The number of hydrogen-bond acceptors (Lipinski definition) is 3. The molecule has 140 valence electrons. The summed E-state index contributed by atoms with van der Waals surface area (Å²) < 4.78 is 5.11. The van der Waals surface area contributed by atoms with Crippen LogP contribution in [0.3, 0.4) is 0 Å². The molecular formula is C20H34N4O. The van der Waals surface area contributed by atoms with Crippen molar-refractivity contribution >= 4 is 5.96 Å². The summed E-state index contributed by atoms with van der Waals surface area (Å²) in [5, 5.41) is 10.5. The van der Waals surface area contributed by atoms with Crippen molar-refractivity contribution < 1.29 is 4.74 Å². The van der Waals surface area contributed by atoms with Crippen molar-refractivity contribution in [3.63, 3.8) is 0 Å². The third-order valence-electron chi connectivity index (χ3n) is 4.87. The third kappa shape index (κ3) is 6.33. The van der Waals surface area contributed by atoms with Crippen LogP contribution >= 0.6 is 0 Å². The fourth-order valence-corrected chi connectivity index (χ4v) is 3.53. The Hall–Kier alpha value is -1.59. The summed E-state index contributed by atoms with van der Waals surface area (Å²) in [6.07, 6.45) is 4.92. The Labute approximate surface area is 152 Å². The molecule has 0 saturated heterocycles. The quantitative estimate of drug-likeness (QED) is 0.366. The molecule has 1 unspecified atom stereocenters. The molecule has 0 radical (unpaired) electrons. The lowest BCUT2D eigenvalue weighted by Gasteiger charge is -2.33. The lowest BCUT2D eigenvalue weighted by atomic mass is 9.95. The monoisotopic (exact) mass is 346 g/mol. The molecule has 0 heterocycles. The molecule has 1 saturated carbocycles. The summed E-state index contributed by atoms with van der Waals surface area (Å²) in [5.41, 5.74) is 1.43. The zero-order valence-electron chi connectivity index (χ0n) is 16.0. The molecule has 25 heavy (non-hydrogen) atoms. The maximum Gasteiger partial charge on any atom is 0.191 e. The molecule has 0 spiro atoms. The largest absolute Gasteiger partial charge is 0.383 e. The molecule has 5 nitrogen and oxygen atoms in total. The van der Waals surface area contributed by atoms with E-state index in [4.69, 9.17) is 9.73 Å². The Morgan fingerprint density at radius 1 is 1.20 bits per heavy atom. The van der Waals surface area contributed by atoms with Crippen LogP contribution in [-0.2, 0) is 4.74 Å². The van der Waals surface area contributed by atoms with Gasteiger partial charge in [-0.05, 0) is 32.3 Å². The lowest BCUT2D eigenvalue weighted by molar-refractivity contribution is 0.203. The fourth-order valence-electron chi connectivity index (χ4n) is 3.53. The molecule has 1 atom stereocenters. The number of methoxy groups -OCH3 is 1. The summed E-state index contributed by atoms with van der Waals surface area (Å²) in [4.78, 5) is 4.86. The molecule has 2 rings (SSSR count). The Morgan fingerprint density at radius 2 is 1.92 bits per heavy atom. The average molecular weight is 347 g/mol. The summed E-state index contributed by atoms with van der Waals surface area (Å²) in [7, 11) is 1.72. The highest BCUT2D eigenvalue weighted by Gasteiger charge is 2.34. The van der Waals surface area contributed by atoms with Gasteiger partial charge in [-0.1, -0.05) is 43.2 Å². The predicted molar refractivity (Wildman–Crippen MR) is 105 cm³/mol. The van der Waals surface area contributed by atoms with E-state index in [-0.39, 0.29) is 5.54 Å². The summed E-state index contributed by atoms with van der Waals surface area (Å²) in [5.74, 6) is 0.875. The fraction of sp³-hybridized carbons (Fsp3) is 0.650. The van der Waals surface area contributed by atoms with Crippen LogP contribution in [0.15, 0.2) is 35.3 Å². The minimum absolute atomic E-state index is 0.0961. The molecule has 1 aliphatic rings. The van der Waals surface area contributed by atoms with E-state index in [1.54, 1.807) is 7.11 Å². The minimum Gasteiger partial charge on any atom is -0.383 e. The number of nitrogens with one attached hydrogen (secondary N) is 3. The van der Waals surface area contributed by atoms with Gasteiger partial charge in [-0.25, -0.2) is 0 Å². The first-order valence-electron chi connectivity index (χ1n) is 9.53. The van der Waals surface area contributed by atoms with Gasteiger partial charge in [0.2, 0.25) is 0 Å². The van der Waals surface area contributed by atoms with Crippen LogP contribution in [0.5, 0.6) is 0 Å². The van der Waals surface area contributed by atoms with E-state index in [0.717, 1.165) is 25.6 Å². The normalized spacial score (nSPS) is 18.1. The molecule has 5 heteroatoms. The zero-order valence-corrected chi connectivity index (χ0v) is 16.0. The minimum atomic E-state index is 0.0961. The van der Waals surface area contributed by atoms with Gasteiger partial charge in [0.15, 0.2) is 5.96 Å². The molecule has 0 amide bonds. The van der Waals surface area contributed by atoms with E-state index in [0.29, 0.717) is 12.6 Å². The van der Waals surface area contributed by atoms with Crippen molar-refractivity contribution in [3.05, 3.63) is 35.9 Å². The standard InChI is InChI=1S/C20H34N4O/c1-4-21-19(22-14-15-25-3)23-16-20(12-8-9-13-20)24-17(2)18-10-6-5-7-11-18/h5-7,10-11,17,24H,4,8-9,12-16H2,1-3H3,(H2,21,22,23). The SMILES string of the molecule is CCNC(=NCC1(NC(C)c2ccccc2)CCCC1)NCCOC. The van der Waals surface area contributed by atoms with Crippen LogP contribution in [-0.4, -0.2) is 44.8 Å². The molecular weight excluding hydrogens is 312 g/mol. The van der Waals surface area contributed by atoms with E-state index < -0.39 is 0 Å². The van der Waals surface area contributed by atoms with Crippen molar-refractivity contribution in [1.82, 2.24) is 16.0 Å². The Bertz CT molecular complexity index is 512. The first kappa shape index (κ1) is 19.7. The highest BCUT2D eigenvalue weighted by Crippen LogP contribution is 2.32. The molecule has 0 bridgehead atoms. The van der Waals surface area contributed by atoms with Crippen molar-refractivity contribution in [3.8, 4) is 0 Å². The Kier molecular flexibility index (Phi) is 8.22. The maximum absolute atomic E-state index is 5.11. The summed E-state index contributed by atoms with van der Waals surface area (Å²) >= 11 is 0. The number of benzene rings is 1. The van der Waals surface area contributed by atoms with Crippen molar-refractivity contribution in [2.75, 3.05) is 33.4 Å². The number of nitrogens with zero attached hydrogens (tertiary/aromatic N) is 1. The van der Waals surface area contributed by atoms with Crippen molar-refractivity contribution in [2.45, 2.75) is 51.1 Å². The van der Waals surface area contributed by atoms with Gasteiger partial charge >= 0.3 is 0 Å². The number of ether oxygens (including phenoxy) is 1. The van der Waals surface area contributed by atoms with Gasteiger partial charge in [0.1, 0.15) is 0 Å². The van der Waals surface area contributed by atoms with Gasteiger partial charge in [0.25, 0.3) is 0 Å². The van der Waals surface area contributed by atoms with Crippen LogP contribution in [0.2, 0.25) is 0 Å². The van der Waals surface area contributed by atoms with Gasteiger partial charge in [0, 0.05) is 31.8 Å². The molecule has 1 aliphatic carbocycles. The Morgan fingerprint density at radius 3 is 2.56 bits per heavy atom. The van der Waals surface area contributed by atoms with Crippen molar-refractivity contribution in [1.29, 1.82) is 0 Å². The molecule has 1 fully saturated rings. The second-order valence-corrected chi connectivity index (χ2v) is 6.88. The average Bonchev–Trinajstić information content (AvgIpc) is 3.09. The van der Waals surface area contributed by atoms with Crippen LogP contribution in [0.1, 0.15) is 51.1 Å². The van der Waals surface area contributed by atoms with Crippen LogP contribution in [0, 0.1) is 0 Å². The Balaban J connectivity index is 2.01. The first-order chi connectivity index (χ1) is 12.2. The molecule has 0 aliphatic heterocycles. The summed E-state index contributed by atoms with van der Waals surface area (Å²) in [6, 6.07) is 11.0. The number of hydrogen-bond donors (Lipinski definition) is 3. The van der Waals surface area contributed by atoms with E-state index in [2.05, 4.69) is 60.1 Å². The highest BCUT2D eigenvalue weighted by atomic mass is 16.5. The molecule has 3 N–H and O–H groups in total. The van der Waals surface area contributed by atoms with Gasteiger partial charge in [0.05, 0.1) is 13.2 Å². The molecule has 0 aromatic heterocycles. The van der Waals surface area contributed by atoms with Crippen LogP contribution < -0.4 is 16.0 Å². The van der Waals surface area contributed by atoms with Crippen molar-refractivity contribution in [2.24, 2.45) is 4.99 Å². The number of rotatable bonds is 9. The van der Waals surface area contributed by atoms with Gasteiger partial charge in [-0.3, -0.25) is 4.99 Å². The smallest absolute Gasteiger partial charge is 0.191 e. The molecule has 1 aromatic carbocycles. The number of guanidine groups is 1. The van der Waals surface area contributed by atoms with E-state index in [9.17, 15) is 0 Å². The maximum atomic E-state index is 5.11. The molecule has 1 aromatic rings. The van der Waals surface area contributed by atoms with Gasteiger partial charge in [-0.2, -0.15) is 0 Å². The van der Waals surface area contributed by atoms with E-state index in [1.807, 2.05) is 0 Å². The third-order valence-corrected chi connectivity index (χ3v) is 4.87. The summed E-state index contributed by atoms with van der Waals surface area (Å²) in [6.45, 7) is 7.45. The first-order valence-corrected chi connectivity index (χ1v) is 9.53. The predicted octanol–water partition coefficient (Wildman–Crippen LogP) is 2.85. The van der Waals surface area contributed by atoms with E-state index in [1.165, 1.54) is 31.2 Å². The van der Waals surface area contributed by atoms with Gasteiger partial charge < -0.3 is 20.7 Å². The van der Waals surface area contributed by atoms with Gasteiger partial charge in [-0.15, -0.1) is 0 Å². The topological polar surface area (TPSA) is 57.7 Å². The highest BCUT2D eigenvalue weighted by molar-refractivity contribution is 5.79. The van der Waals surface area contributed by atoms with Crippen LogP contribution in [0.25, 0.3) is 0 Å². The lowest BCUT2D eigenvalue weighted by Crippen LogP contribution is -2.48.